The fourth-order valence-electron chi connectivity index (χ4n) is 3.27. The lowest BCUT2D eigenvalue weighted by Gasteiger charge is -2.31. The van der Waals surface area contributed by atoms with E-state index in [9.17, 15) is 14.0 Å². The number of halogens is 1. The molecule has 2 aromatic carbocycles. The average Bonchev–Trinajstić information content (AvgIpc) is 2.73. The molecule has 0 aliphatic heterocycles. The van der Waals surface area contributed by atoms with Gasteiger partial charge >= 0.3 is 0 Å². The second-order valence-electron chi connectivity index (χ2n) is 8.19. The van der Waals surface area contributed by atoms with Crippen LogP contribution in [0.3, 0.4) is 0 Å². The number of hydrogen-bond acceptors (Lipinski definition) is 3. The van der Waals surface area contributed by atoms with Gasteiger partial charge in [-0.05, 0) is 42.5 Å². The summed E-state index contributed by atoms with van der Waals surface area (Å²) in [6.07, 6.45) is 0.546. The van der Waals surface area contributed by atoms with Crippen molar-refractivity contribution in [3.05, 3.63) is 71.0 Å². The van der Waals surface area contributed by atoms with Gasteiger partial charge in [0, 0.05) is 18.8 Å². The zero-order valence-corrected chi connectivity index (χ0v) is 19.7. The predicted octanol–water partition coefficient (Wildman–Crippen LogP) is 4.95. The smallest absolute Gasteiger partial charge is 0.242 e. The molecule has 0 saturated heterocycles. The molecule has 0 bridgehead atoms. The molecular weight excluding hydrogens is 411 g/mol. The summed E-state index contributed by atoms with van der Waals surface area (Å²) in [5, 5.41) is 2.98. The van der Waals surface area contributed by atoms with Crippen LogP contribution in [0.25, 0.3) is 0 Å². The largest absolute Gasteiger partial charge is 0.354 e. The SMILES string of the molecule is CC[C@@H](C(=O)NCC(C)C)N(Cc1cccc(C)c1)C(=O)CSCc1ccc(F)cc1. The van der Waals surface area contributed by atoms with Crippen molar-refractivity contribution >= 4 is 23.6 Å². The fraction of sp³-hybridized carbons (Fsp3) is 0.440. The van der Waals surface area contributed by atoms with Gasteiger partial charge in [0.25, 0.3) is 0 Å². The Morgan fingerprint density at radius 3 is 2.42 bits per heavy atom. The van der Waals surface area contributed by atoms with Gasteiger partial charge < -0.3 is 10.2 Å². The van der Waals surface area contributed by atoms with E-state index in [1.54, 1.807) is 17.0 Å². The van der Waals surface area contributed by atoms with Crippen molar-refractivity contribution in [2.24, 2.45) is 5.92 Å². The van der Waals surface area contributed by atoms with Gasteiger partial charge in [-0.2, -0.15) is 0 Å². The highest BCUT2D eigenvalue weighted by atomic mass is 32.2. The summed E-state index contributed by atoms with van der Waals surface area (Å²) in [4.78, 5) is 27.7. The summed E-state index contributed by atoms with van der Waals surface area (Å²) < 4.78 is 13.1. The standard InChI is InChI=1S/C25H33FN2O2S/c1-5-23(25(30)27-14-18(2)3)28(15-21-8-6-7-19(4)13-21)24(29)17-31-16-20-9-11-22(26)12-10-20/h6-13,18,23H,5,14-17H2,1-4H3,(H,27,30)/t23-/m0/s1. The summed E-state index contributed by atoms with van der Waals surface area (Å²) in [5.41, 5.74) is 3.09. The van der Waals surface area contributed by atoms with Crippen LogP contribution in [0.5, 0.6) is 0 Å². The minimum atomic E-state index is -0.516. The lowest BCUT2D eigenvalue weighted by Crippen LogP contribution is -2.50. The van der Waals surface area contributed by atoms with E-state index in [4.69, 9.17) is 0 Å². The maximum Gasteiger partial charge on any atom is 0.242 e. The van der Waals surface area contributed by atoms with Gasteiger partial charge in [-0.25, -0.2) is 4.39 Å². The molecule has 1 atom stereocenters. The van der Waals surface area contributed by atoms with E-state index in [0.717, 1.165) is 16.7 Å². The molecule has 0 aromatic heterocycles. The first-order valence-electron chi connectivity index (χ1n) is 10.7. The van der Waals surface area contributed by atoms with Crippen LogP contribution in [0, 0.1) is 18.7 Å². The van der Waals surface area contributed by atoms with Gasteiger partial charge in [0.1, 0.15) is 11.9 Å². The van der Waals surface area contributed by atoms with Crippen LogP contribution >= 0.6 is 11.8 Å². The van der Waals surface area contributed by atoms with E-state index < -0.39 is 6.04 Å². The molecule has 2 amide bonds. The van der Waals surface area contributed by atoms with E-state index in [0.29, 0.717) is 31.2 Å². The Morgan fingerprint density at radius 1 is 1.10 bits per heavy atom. The van der Waals surface area contributed by atoms with Crippen LogP contribution in [-0.2, 0) is 21.9 Å². The van der Waals surface area contributed by atoms with Crippen LogP contribution < -0.4 is 5.32 Å². The Bertz CT molecular complexity index is 855. The van der Waals surface area contributed by atoms with E-state index in [1.807, 2.05) is 52.0 Å². The molecule has 0 aliphatic carbocycles. The van der Waals surface area contributed by atoms with Gasteiger partial charge in [0.15, 0.2) is 0 Å². The molecule has 168 valence electrons. The lowest BCUT2D eigenvalue weighted by atomic mass is 10.1. The Hall–Kier alpha value is -2.34. The van der Waals surface area contributed by atoms with Crippen LogP contribution in [0.1, 0.15) is 43.9 Å². The maximum absolute atomic E-state index is 13.2. The van der Waals surface area contributed by atoms with E-state index in [-0.39, 0.29) is 23.4 Å². The Balaban J connectivity index is 2.11. The third kappa shape index (κ3) is 8.37. The maximum atomic E-state index is 13.2. The normalized spacial score (nSPS) is 11.9. The van der Waals surface area contributed by atoms with Gasteiger partial charge in [0.2, 0.25) is 11.8 Å². The predicted molar refractivity (Wildman–Crippen MR) is 126 cm³/mol. The molecule has 2 rings (SSSR count). The summed E-state index contributed by atoms with van der Waals surface area (Å²) in [5.74, 6) is 0.763. The lowest BCUT2D eigenvalue weighted by molar-refractivity contribution is -0.139. The molecule has 6 heteroatoms. The molecule has 4 nitrogen and oxygen atoms in total. The van der Waals surface area contributed by atoms with E-state index in [1.165, 1.54) is 23.9 Å². The van der Waals surface area contributed by atoms with Crippen molar-refractivity contribution in [3.8, 4) is 0 Å². The molecule has 0 fully saturated rings. The molecular formula is C25H33FN2O2S. The molecule has 0 radical (unpaired) electrons. The van der Waals surface area contributed by atoms with Crippen molar-refractivity contribution < 1.29 is 14.0 Å². The molecule has 0 saturated carbocycles. The topological polar surface area (TPSA) is 49.4 Å². The molecule has 0 aliphatic rings. The molecule has 31 heavy (non-hydrogen) atoms. The zero-order valence-electron chi connectivity index (χ0n) is 18.9. The Morgan fingerprint density at radius 2 is 1.81 bits per heavy atom. The molecule has 1 N–H and O–H groups in total. The van der Waals surface area contributed by atoms with Crippen molar-refractivity contribution in [3.63, 3.8) is 0 Å². The number of nitrogens with one attached hydrogen (secondary N) is 1. The highest BCUT2D eigenvalue weighted by Gasteiger charge is 2.28. The highest BCUT2D eigenvalue weighted by molar-refractivity contribution is 7.99. The van der Waals surface area contributed by atoms with E-state index >= 15 is 0 Å². The summed E-state index contributed by atoms with van der Waals surface area (Å²) >= 11 is 1.47. The number of nitrogens with zero attached hydrogens (tertiary/aromatic N) is 1. The van der Waals surface area contributed by atoms with Gasteiger partial charge in [-0.15, -0.1) is 11.8 Å². The van der Waals surface area contributed by atoms with Crippen molar-refractivity contribution in [2.45, 2.75) is 52.5 Å². The van der Waals surface area contributed by atoms with Gasteiger partial charge in [-0.3, -0.25) is 9.59 Å². The molecule has 2 aromatic rings. The summed E-state index contributed by atoms with van der Waals surface area (Å²) in [6, 6.07) is 13.8. The first-order chi connectivity index (χ1) is 14.8. The quantitative estimate of drug-likeness (QED) is 0.534. The average molecular weight is 445 g/mol. The van der Waals surface area contributed by atoms with Crippen LogP contribution in [0.15, 0.2) is 48.5 Å². The zero-order chi connectivity index (χ0) is 22.8. The van der Waals surface area contributed by atoms with E-state index in [2.05, 4.69) is 5.32 Å². The Labute approximate surface area is 189 Å². The highest BCUT2D eigenvalue weighted by Crippen LogP contribution is 2.18. The van der Waals surface area contributed by atoms with Crippen molar-refractivity contribution in [1.29, 1.82) is 0 Å². The first kappa shape index (κ1) is 24.9. The minimum absolute atomic E-state index is 0.0693. The number of carbonyl (C=O) groups is 2. The third-order valence-electron chi connectivity index (χ3n) is 4.91. The summed E-state index contributed by atoms with van der Waals surface area (Å²) in [7, 11) is 0. The number of amides is 2. The summed E-state index contributed by atoms with van der Waals surface area (Å²) in [6.45, 7) is 9.01. The van der Waals surface area contributed by atoms with Crippen LogP contribution in [0.2, 0.25) is 0 Å². The molecule has 0 spiro atoms. The second kappa shape index (κ2) is 12.5. The van der Waals surface area contributed by atoms with Crippen LogP contribution in [-0.4, -0.2) is 35.1 Å². The molecule has 0 heterocycles. The number of thioether (sulfide) groups is 1. The Kier molecular flexibility index (Phi) is 10.0. The monoisotopic (exact) mass is 444 g/mol. The van der Waals surface area contributed by atoms with Crippen molar-refractivity contribution in [2.75, 3.05) is 12.3 Å². The van der Waals surface area contributed by atoms with Crippen LogP contribution in [0.4, 0.5) is 4.39 Å². The number of carbonyl (C=O) groups excluding carboxylic acids is 2. The van der Waals surface area contributed by atoms with Gasteiger partial charge in [0.05, 0.1) is 5.75 Å². The minimum Gasteiger partial charge on any atom is -0.354 e. The molecule has 0 unspecified atom stereocenters. The number of hydrogen-bond donors (Lipinski definition) is 1. The number of rotatable bonds is 11. The number of aryl methyl sites for hydroxylation is 1. The van der Waals surface area contributed by atoms with Crippen molar-refractivity contribution in [1.82, 2.24) is 10.2 Å². The van der Waals surface area contributed by atoms with Gasteiger partial charge in [-0.1, -0.05) is 62.7 Å². The second-order valence-corrected chi connectivity index (χ2v) is 9.18. The third-order valence-corrected chi connectivity index (χ3v) is 5.90. The first-order valence-corrected chi connectivity index (χ1v) is 11.9. The fourth-order valence-corrected chi connectivity index (χ4v) is 4.14. The number of benzene rings is 2.